The summed E-state index contributed by atoms with van der Waals surface area (Å²) in [6.07, 6.45) is 0. The fourth-order valence-electron chi connectivity index (χ4n) is 2.91. The molecule has 30 heavy (non-hydrogen) atoms. The molecule has 0 atom stereocenters. The molecule has 3 rings (SSSR count). The quantitative estimate of drug-likeness (QED) is 0.507. The van der Waals surface area contributed by atoms with Crippen molar-refractivity contribution in [1.29, 1.82) is 0 Å². The highest BCUT2D eigenvalue weighted by molar-refractivity contribution is 7.99. The molecule has 1 amide bonds. The van der Waals surface area contributed by atoms with Crippen molar-refractivity contribution in [3.63, 3.8) is 0 Å². The maximum atomic E-state index is 12.5. The van der Waals surface area contributed by atoms with Gasteiger partial charge in [0, 0.05) is 24.7 Å². The predicted molar refractivity (Wildman–Crippen MR) is 119 cm³/mol. The molecule has 2 aromatic carbocycles. The van der Waals surface area contributed by atoms with Crippen LogP contribution < -0.4 is 4.74 Å². The molecule has 0 fully saturated rings. The number of hydrogen-bond acceptors (Lipinski definition) is 6. The van der Waals surface area contributed by atoms with Crippen molar-refractivity contribution in [2.45, 2.75) is 38.0 Å². The summed E-state index contributed by atoms with van der Waals surface area (Å²) in [5.41, 5.74) is 3.15. The van der Waals surface area contributed by atoms with Crippen molar-refractivity contribution in [2.24, 2.45) is 0 Å². The first-order chi connectivity index (χ1) is 14.3. The second-order valence-electron chi connectivity index (χ2n) is 8.05. The third kappa shape index (κ3) is 5.42. The van der Waals surface area contributed by atoms with E-state index in [0.717, 1.165) is 16.9 Å². The van der Waals surface area contributed by atoms with Gasteiger partial charge in [-0.1, -0.05) is 62.9 Å². The molecular formula is C23H27N3O3S. The van der Waals surface area contributed by atoms with Crippen LogP contribution in [0.25, 0.3) is 11.5 Å². The van der Waals surface area contributed by atoms with E-state index in [9.17, 15) is 4.79 Å². The normalized spacial score (nSPS) is 11.4. The smallest absolute Gasteiger partial charge is 0.277 e. The topological polar surface area (TPSA) is 68.5 Å². The number of aromatic nitrogens is 2. The lowest BCUT2D eigenvalue weighted by Crippen LogP contribution is -2.28. The van der Waals surface area contributed by atoms with Crippen molar-refractivity contribution in [1.82, 2.24) is 15.1 Å². The highest BCUT2D eigenvalue weighted by atomic mass is 32.2. The van der Waals surface area contributed by atoms with Crippen LogP contribution in [0.2, 0.25) is 0 Å². The largest absolute Gasteiger partial charge is 0.496 e. The lowest BCUT2D eigenvalue weighted by Gasteiger charge is -2.18. The van der Waals surface area contributed by atoms with Gasteiger partial charge in [0.05, 0.1) is 12.9 Å². The SMILES string of the molecule is COc1ccccc1CN(C)C(=O)CSc1nnc(-c2ccc(C(C)(C)C)cc2)o1. The van der Waals surface area contributed by atoms with Crippen LogP contribution in [0.15, 0.2) is 58.2 Å². The van der Waals surface area contributed by atoms with Gasteiger partial charge < -0.3 is 14.1 Å². The molecule has 0 aliphatic rings. The van der Waals surface area contributed by atoms with Crippen molar-refractivity contribution in [2.75, 3.05) is 19.9 Å². The zero-order valence-electron chi connectivity index (χ0n) is 18.0. The number of carbonyl (C=O) groups is 1. The Labute approximate surface area is 181 Å². The van der Waals surface area contributed by atoms with Crippen LogP contribution in [0, 0.1) is 0 Å². The molecule has 0 saturated heterocycles. The van der Waals surface area contributed by atoms with Crippen LogP contribution in [0.3, 0.4) is 0 Å². The van der Waals surface area contributed by atoms with E-state index >= 15 is 0 Å². The molecule has 7 heteroatoms. The Morgan fingerprint density at radius 1 is 1.10 bits per heavy atom. The van der Waals surface area contributed by atoms with E-state index < -0.39 is 0 Å². The number of thioether (sulfide) groups is 1. The van der Waals surface area contributed by atoms with E-state index in [4.69, 9.17) is 9.15 Å². The Kier molecular flexibility index (Phi) is 6.82. The van der Waals surface area contributed by atoms with E-state index in [1.165, 1.54) is 17.3 Å². The molecule has 6 nitrogen and oxygen atoms in total. The summed E-state index contributed by atoms with van der Waals surface area (Å²) >= 11 is 1.24. The summed E-state index contributed by atoms with van der Waals surface area (Å²) in [5.74, 6) is 1.41. The summed E-state index contributed by atoms with van der Waals surface area (Å²) in [4.78, 5) is 14.2. The molecule has 0 unspecified atom stereocenters. The average molecular weight is 426 g/mol. The van der Waals surface area contributed by atoms with Gasteiger partial charge in [-0.15, -0.1) is 10.2 Å². The van der Waals surface area contributed by atoms with Crippen LogP contribution in [0.4, 0.5) is 0 Å². The van der Waals surface area contributed by atoms with Gasteiger partial charge in [-0.05, 0) is 29.2 Å². The number of methoxy groups -OCH3 is 1. The number of rotatable bonds is 7. The van der Waals surface area contributed by atoms with Gasteiger partial charge in [0.15, 0.2) is 0 Å². The first-order valence-corrected chi connectivity index (χ1v) is 10.7. The number of ether oxygens (including phenoxy) is 1. The summed E-state index contributed by atoms with van der Waals surface area (Å²) in [7, 11) is 3.39. The van der Waals surface area contributed by atoms with Crippen LogP contribution in [0.1, 0.15) is 31.9 Å². The molecule has 0 radical (unpaired) electrons. The third-order valence-corrected chi connectivity index (χ3v) is 5.55. The number of nitrogens with zero attached hydrogens (tertiary/aromatic N) is 3. The number of benzene rings is 2. The van der Waals surface area contributed by atoms with E-state index in [-0.39, 0.29) is 17.1 Å². The Morgan fingerprint density at radius 3 is 2.47 bits per heavy atom. The standard InChI is InChI=1S/C23H27N3O3S/c1-23(2,3)18-12-10-16(11-13-18)21-24-25-22(29-21)30-15-20(27)26(4)14-17-8-6-7-9-19(17)28-5/h6-13H,14-15H2,1-5H3. The Morgan fingerprint density at radius 2 is 1.80 bits per heavy atom. The van der Waals surface area contributed by atoms with Crippen LogP contribution >= 0.6 is 11.8 Å². The summed E-state index contributed by atoms with van der Waals surface area (Å²) in [5, 5.41) is 8.55. The second-order valence-corrected chi connectivity index (χ2v) is 8.98. The molecule has 0 saturated carbocycles. The minimum atomic E-state index is -0.0276. The second kappa shape index (κ2) is 9.34. The monoisotopic (exact) mass is 425 g/mol. The van der Waals surface area contributed by atoms with E-state index in [2.05, 4.69) is 43.1 Å². The molecule has 1 heterocycles. The molecular weight excluding hydrogens is 398 g/mol. The Bertz CT molecular complexity index is 993. The van der Waals surface area contributed by atoms with Gasteiger partial charge in [-0.3, -0.25) is 4.79 Å². The summed E-state index contributed by atoms with van der Waals surface area (Å²) < 4.78 is 11.1. The molecule has 0 aliphatic carbocycles. The number of carbonyl (C=O) groups excluding carboxylic acids is 1. The van der Waals surface area contributed by atoms with E-state index in [1.54, 1.807) is 19.1 Å². The van der Waals surface area contributed by atoms with E-state index in [0.29, 0.717) is 17.7 Å². The number of para-hydroxylation sites is 1. The molecule has 158 valence electrons. The highest BCUT2D eigenvalue weighted by Crippen LogP contribution is 2.27. The minimum absolute atomic E-state index is 0.0276. The maximum absolute atomic E-state index is 12.5. The fourth-order valence-corrected chi connectivity index (χ4v) is 3.61. The molecule has 0 aliphatic heterocycles. The molecule has 0 bridgehead atoms. The van der Waals surface area contributed by atoms with Crippen LogP contribution in [0.5, 0.6) is 5.75 Å². The first kappa shape index (κ1) is 21.9. The first-order valence-electron chi connectivity index (χ1n) is 9.71. The van der Waals surface area contributed by atoms with E-state index in [1.807, 2.05) is 36.4 Å². The summed E-state index contributed by atoms with van der Waals surface area (Å²) in [6.45, 7) is 6.99. The van der Waals surface area contributed by atoms with Crippen molar-refractivity contribution < 1.29 is 13.9 Å². The van der Waals surface area contributed by atoms with Gasteiger partial charge in [-0.2, -0.15) is 0 Å². The Balaban J connectivity index is 1.57. The van der Waals surface area contributed by atoms with Gasteiger partial charge in [-0.25, -0.2) is 0 Å². The van der Waals surface area contributed by atoms with Crippen molar-refractivity contribution in [3.05, 3.63) is 59.7 Å². The Hall–Kier alpha value is -2.80. The molecule has 0 N–H and O–H groups in total. The van der Waals surface area contributed by atoms with Gasteiger partial charge in [0.2, 0.25) is 11.8 Å². The highest BCUT2D eigenvalue weighted by Gasteiger charge is 2.17. The maximum Gasteiger partial charge on any atom is 0.277 e. The predicted octanol–water partition coefficient (Wildman–Crippen LogP) is 4.79. The zero-order valence-corrected chi connectivity index (χ0v) is 18.8. The van der Waals surface area contributed by atoms with Gasteiger partial charge >= 0.3 is 0 Å². The van der Waals surface area contributed by atoms with Crippen LogP contribution in [-0.4, -0.2) is 40.9 Å². The van der Waals surface area contributed by atoms with Gasteiger partial charge in [0.1, 0.15) is 5.75 Å². The minimum Gasteiger partial charge on any atom is -0.496 e. The van der Waals surface area contributed by atoms with Crippen LogP contribution in [-0.2, 0) is 16.8 Å². The molecule has 0 spiro atoms. The third-order valence-electron chi connectivity index (χ3n) is 4.75. The number of amides is 1. The lowest BCUT2D eigenvalue weighted by atomic mass is 9.87. The van der Waals surface area contributed by atoms with Crippen molar-refractivity contribution in [3.8, 4) is 17.2 Å². The molecule has 1 aromatic heterocycles. The fraction of sp³-hybridized carbons (Fsp3) is 0.348. The summed E-state index contributed by atoms with van der Waals surface area (Å²) in [6, 6.07) is 15.8. The van der Waals surface area contributed by atoms with Gasteiger partial charge in [0.25, 0.3) is 5.22 Å². The number of hydrogen-bond donors (Lipinski definition) is 0. The molecule has 3 aromatic rings. The lowest BCUT2D eigenvalue weighted by molar-refractivity contribution is -0.127. The zero-order chi connectivity index (χ0) is 21.7. The van der Waals surface area contributed by atoms with Crippen molar-refractivity contribution >= 4 is 17.7 Å². The average Bonchev–Trinajstić information content (AvgIpc) is 3.21.